The van der Waals surface area contributed by atoms with Crippen LogP contribution in [-0.4, -0.2) is 26.3 Å². The molecule has 0 spiro atoms. The van der Waals surface area contributed by atoms with Crippen LogP contribution in [0.1, 0.15) is 11.1 Å². The highest BCUT2D eigenvalue weighted by molar-refractivity contribution is 7.89. The lowest BCUT2D eigenvalue weighted by atomic mass is 10.0. The normalized spacial score (nSPS) is 12.0. The van der Waals surface area contributed by atoms with Gasteiger partial charge in [-0.15, -0.1) is 0 Å². The molecule has 0 saturated heterocycles. The third kappa shape index (κ3) is 4.04. The first kappa shape index (κ1) is 17.1. The molecule has 0 aliphatic heterocycles. The highest BCUT2D eigenvalue weighted by Crippen LogP contribution is 2.25. The van der Waals surface area contributed by atoms with Crippen LogP contribution in [0.5, 0.6) is 5.75 Å². The second-order valence-electron chi connectivity index (χ2n) is 5.69. The Bertz CT molecular complexity index is 1030. The summed E-state index contributed by atoms with van der Waals surface area (Å²) in [6.45, 7) is 0.525. The van der Waals surface area contributed by atoms with Crippen molar-refractivity contribution in [2.24, 2.45) is 10.1 Å². The highest BCUT2D eigenvalue weighted by Gasteiger charge is 2.06. The zero-order chi connectivity index (χ0) is 17.9. The Hall–Kier alpha value is -2.70. The van der Waals surface area contributed by atoms with Crippen LogP contribution < -0.4 is 5.14 Å². The van der Waals surface area contributed by atoms with E-state index in [9.17, 15) is 13.5 Å². The Morgan fingerprint density at radius 1 is 1.00 bits per heavy atom. The zero-order valence-electron chi connectivity index (χ0n) is 13.5. The van der Waals surface area contributed by atoms with Crippen molar-refractivity contribution in [1.82, 2.24) is 0 Å². The van der Waals surface area contributed by atoms with Gasteiger partial charge in [-0.2, -0.15) is 0 Å². The predicted molar refractivity (Wildman–Crippen MR) is 99.6 cm³/mol. The Labute approximate surface area is 146 Å². The molecule has 0 atom stereocenters. The van der Waals surface area contributed by atoms with E-state index in [1.54, 1.807) is 24.4 Å². The quantitative estimate of drug-likeness (QED) is 0.690. The second-order valence-corrected chi connectivity index (χ2v) is 7.26. The lowest BCUT2D eigenvalue weighted by molar-refractivity contribution is 0.475. The molecule has 0 aliphatic carbocycles. The first-order chi connectivity index (χ1) is 11.9. The molecule has 0 heterocycles. The number of benzene rings is 3. The topological polar surface area (TPSA) is 92.8 Å². The molecule has 0 radical (unpaired) electrons. The van der Waals surface area contributed by atoms with Gasteiger partial charge in [0.2, 0.25) is 10.0 Å². The molecule has 6 heteroatoms. The molecular weight excluding hydrogens is 336 g/mol. The van der Waals surface area contributed by atoms with Crippen molar-refractivity contribution in [3.8, 4) is 5.75 Å². The molecule has 3 rings (SSSR count). The number of nitrogens with two attached hydrogens (primary N) is 1. The van der Waals surface area contributed by atoms with Crippen molar-refractivity contribution >= 4 is 27.0 Å². The van der Waals surface area contributed by atoms with Crippen LogP contribution in [0.3, 0.4) is 0 Å². The van der Waals surface area contributed by atoms with E-state index < -0.39 is 10.0 Å². The van der Waals surface area contributed by atoms with Gasteiger partial charge < -0.3 is 5.11 Å². The van der Waals surface area contributed by atoms with Crippen molar-refractivity contribution < 1.29 is 13.5 Å². The van der Waals surface area contributed by atoms with Crippen LogP contribution in [0.2, 0.25) is 0 Å². The zero-order valence-corrected chi connectivity index (χ0v) is 14.3. The molecule has 3 N–H and O–H groups in total. The van der Waals surface area contributed by atoms with Gasteiger partial charge in [-0.1, -0.05) is 42.5 Å². The number of aromatic hydroxyl groups is 1. The molecule has 3 aromatic rings. The summed E-state index contributed by atoms with van der Waals surface area (Å²) in [6.07, 6.45) is 2.34. The van der Waals surface area contributed by atoms with E-state index in [1.807, 2.05) is 30.3 Å². The molecule has 0 bridgehead atoms. The van der Waals surface area contributed by atoms with E-state index in [1.165, 1.54) is 12.1 Å². The van der Waals surface area contributed by atoms with Crippen LogP contribution in [0.4, 0.5) is 0 Å². The summed E-state index contributed by atoms with van der Waals surface area (Å²) in [5.74, 6) is 0.194. The Morgan fingerprint density at radius 3 is 2.44 bits per heavy atom. The van der Waals surface area contributed by atoms with Crippen molar-refractivity contribution in [1.29, 1.82) is 0 Å². The van der Waals surface area contributed by atoms with Crippen molar-refractivity contribution in [2.45, 2.75) is 11.3 Å². The fraction of sp³-hybridized carbons (Fsp3) is 0.105. The standard InChI is InChI=1S/C19H18N2O3S/c20-25(23,24)16-8-5-14(6-9-16)11-12-21-13-18-17-4-2-1-3-15(17)7-10-19(18)22/h1-10,13,22H,11-12H2,(H2,20,23,24). The third-order valence-corrected chi connectivity index (χ3v) is 4.88. The van der Waals surface area contributed by atoms with Gasteiger partial charge in [-0.05, 0) is 41.0 Å². The number of nitrogens with zero attached hydrogens (tertiary/aromatic N) is 1. The summed E-state index contributed by atoms with van der Waals surface area (Å²) >= 11 is 0. The minimum atomic E-state index is -3.66. The molecule has 25 heavy (non-hydrogen) atoms. The molecule has 0 aromatic heterocycles. The average Bonchev–Trinajstić information content (AvgIpc) is 2.60. The molecular formula is C19H18N2O3S. The van der Waals surface area contributed by atoms with Gasteiger partial charge >= 0.3 is 0 Å². The second kappa shape index (κ2) is 7.04. The largest absolute Gasteiger partial charge is 0.507 e. The maximum absolute atomic E-state index is 11.2. The first-order valence-electron chi connectivity index (χ1n) is 7.77. The number of hydrogen-bond acceptors (Lipinski definition) is 4. The summed E-state index contributed by atoms with van der Waals surface area (Å²) in [7, 11) is -3.66. The van der Waals surface area contributed by atoms with E-state index >= 15 is 0 Å². The number of phenolic OH excluding ortho intramolecular Hbond substituents is 1. The van der Waals surface area contributed by atoms with Gasteiger partial charge in [-0.3, -0.25) is 4.99 Å². The molecule has 3 aromatic carbocycles. The molecule has 0 fully saturated rings. The highest BCUT2D eigenvalue weighted by atomic mass is 32.2. The van der Waals surface area contributed by atoms with Crippen LogP contribution in [0, 0.1) is 0 Å². The monoisotopic (exact) mass is 354 g/mol. The molecule has 0 saturated carbocycles. The smallest absolute Gasteiger partial charge is 0.238 e. The van der Waals surface area contributed by atoms with Crippen molar-refractivity contribution in [3.63, 3.8) is 0 Å². The molecule has 128 valence electrons. The van der Waals surface area contributed by atoms with Crippen LogP contribution in [0.25, 0.3) is 10.8 Å². The van der Waals surface area contributed by atoms with E-state index in [0.717, 1.165) is 16.3 Å². The van der Waals surface area contributed by atoms with Gasteiger partial charge in [0.25, 0.3) is 0 Å². The number of hydrogen-bond donors (Lipinski definition) is 2. The summed E-state index contributed by atoms with van der Waals surface area (Å²) in [4.78, 5) is 4.49. The van der Waals surface area contributed by atoms with Gasteiger partial charge in [0.1, 0.15) is 5.75 Å². The number of primary sulfonamides is 1. The fourth-order valence-electron chi connectivity index (χ4n) is 2.62. The first-order valence-corrected chi connectivity index (χ1v) is 9.32. The van der Waals surface area contributed by atoms with E-state index in [0.29, 0.717) is 18.5 Å². The molecule has 5 nitrogen and oxygen atoms in total. The van der Waals surface area contributed by atoms with Crippen molar-refractivity contribution in [2.75, 3.05) is 6.54 Å². The summed E-state index contributed by atoms with van der Waals surface area (Å²) < 4.78 is 22.5. The van der Waals surface area contributed by atoms with Gasteiger partial charge in [0.15, 0.2) is 0 Å². The van der Waals surface area contributed by atoms with Crippen molar-refractivity contribution in [3.05, 3.63) is 71.8 Å². The number of aliphatic imine (C=N–C) groups is 1. The summed E-state index contributed by atoms with van der Waals surface area (Å²) in [5.41, 5.74) is 1.66. The molecule has 0 aliphatic rings. The predicted octanol–water partition coefficient (Wildman–Crippen LogP) is 2.85. The lowest BCUT2D eigenvalue weighted by Crippen LogP contribution is -2.11. The Morgan fingerprint density at radius 2 is 1.72 bits per heavy atom. The van der Waals surface area contributed by atoms with E-state index in [2.05, 4.69) is 4.99 Å². The van der Waals surface area contributed by atoms with Crippen LogP contribution in [0.15, 0.2) is 70.6 Å². The van der Waals surface area contributed by atoms with Crippen LogP contribution >= 0.6 is 0 Å². The number of rotatable bonds is 5. The van der Waals surface area contributed by atoms with Gasteiger partial charge in [0.05, 0.1) is 4.90 Å². The minimum Gasteiger partial charge on any atom is -0.507 e. The number of sulfonamides is 1. The van der Waals surface area contributed by atoms with Gasteiger partial charge in [0, 0.05) is 18.3 Å². The SMILES string of the molecule is NS(=O)(=O)c1ccc(CCN=Cc2c(O)ccc3ccccc23)cc1. The van der Waals surface area contributed by atoms with Gasteiger partial charge in [-0.25, -0.2) is 13.6 Å². The Balaban J connectivity index is 1.71. The van der Waals surface area contributed by atoms with Crippen LogP contribution in [-0.2, 0) is 16.4 Å². The minimum absolute atomic E-state index is 0.0976. The third-order valence-electron chi connectivity index (χ3n) is 3.95. The summed E-state index contributed by atoms with van der Waals surface area (Å²) in [6, 6.07) is 17.8. The maximum atomic E-state index is 11.2. The summed E-state index contributed by atoms with van der Waals surface area (Å²) in [5, 5.41) is 17.1. The van der Waals surface area contributed by atoms with E-state index in [4.69, 9.17) is 5.14 Å². The lowest BCUT2D eigenvalue weighted by Gasteiger charge is -2.05. The molecule has 0 unspecified atom stereocenters. The molecule has 0 amide bonds. The van der Waals surface area contributed by atoms with E-state index in [-0.39, 0.29) is 10.6 Å². The Kier molecular flexibility index (Phi) is 4.83. The number of fused-ring (bicyclic) bond motifs is 1. The average molecular weight is 354 g/mol. The fourth-order valence-corrected chi connectivity index (χ4v) is 3.13. The number of phenols is 1. The maximum Gasteiger partial charge on any atom is 0.238 e.